The number of carboxylic acid groups (broad SMARTS) is 1. The number of hydrogen-bond donors (Lipinski definition) is 3. The molecule has 1 saturated carbocycles. The normalized spacial score (nSPS) is 23.0. The van der Waals surface area contributed by atoms with E-state index in [1.165, 1.54) is 4.57 Å². The monoisotopic (exact) mass is 266 g/mol. The maximum atomic E-state index is 12.1. The van der Waals surface area contributed by atoms with Gasteiger partial charge in [-0.25, -0.2) is 0 Å². The van der Waals surface area contributed by atoms with Crippen LogP contribution in [0.2, 0.25) is 0 Å². The van der Waals surface area contributed by atoms with Crippen LogP contribution in [-0.2, 0) is 11.3 Å². The van der Waals surface area contributed by atoms with E-state index in [0.29, 0.717) is 12.1 Å². The molecule has 2 unspecified atom stereocenters. The lowest BCUT2D eigenvalue weighted by Gasteiger charge is -2.28. The van der Waals surface area contributed by atoms with Crippen molar-refractivity contribution in [3.05, 3.63) is 24.0 Å². The zero-order valence-electron chi connectivity index (χ0n) is 10.6. The third-order valence-corrected chi connectivity index (χ3v) is 3.41. The molecule has 1 aromatic rings. The summed E-state index contributed by atoms with van der Waals surface area (Å²) in [7, 11) is 0. The van der Waals surface area contributed by atoms with Crippen LogP contribution in [0, 0.1) is 0 Å². The van der Waals surface area contributed by atoms with Crippen molar-refractivity contribution >= 4 is 11.9 Å². The van der Waals surface area contributed by atoms with E-state index in [2.05, 4.69) is 5.32 Å². The van der Waals surface area contributed by atoms with Gasteiger partial charge in [0.1, 0.15) is 12.2 Å². The average Bonchev–Trinajstić information content (AvgIpc) is 2.79. The van der Waals surface area contributed by atoms with Crippen LogP contribution >= 0.6 is 0 Å². The first-order valence-corrected chi connectivity index (χ1v) is 6.44. The van der Waals surface area contributed by atoms with Crippen molar-refractivity contribution < 1.29 is 19.8 Å². The molecule has 2 rings (SSSR count). The standard InChI is InChI=1S/C13H18N2O4/c16-11-6-2-1-4-9(11)14-13(19)10-5-3-7-15(10)8-12(17)18/h3,5,7,9,11,16H,1-2,4,6,8H2,(H,14,19)(H,17,18). The summed E-state index contributed by atoms with van der Waals surface area (Å²) in [5.41, 5.74) is 0.306. The van der Waals surface area contributed by atoms with Gasteiger partial charge in [-0.2, -0.15) is 0 Å². The maximum absolute atomic E-state index is 12.1. The molecule has 0 bridgehead atoms. The zero-order valence-corrected chi connectivity index (χ0v) is 10.6. The van der Waals surface area contributed by atoms with Gasteiger partial charge in [0.15, 0.2) is 0 Å². The minimum Gasteiger partial charge on any atom is -0.480 e. The molecule has 104 valence electrons. The van der Waals surface area contributed by atoms with E-state index in [4.69, 9.17) is 5.11 Å². The molecule has 1 heterocycles. The minimum atomic E-state index is -0.997. The molecule has 0 saturated heterocycles. The van der Waals surface area contributed by atoms with E-state index in [9.17, 15) is 14.7 Å². The fourth-order valence-electron chi connectivity index (χ4n) is 2.43. The van der Waals surface area contributed by atoms with E-state index in [1.54, 1.807) is 18.3 Å². The van der Waals surface area contributed by atoms with Gasteiger partial charge in [-0.05, 0) is 25.0 Å². The van der Waals surface area contributed by atoms with Gasteiger partial charge in [0.2, 0.25) is 0 Å². The van der Waals surface area contributed by atoms with E-state index < -0.39 is 12.1 Å². The molecule has 0 spiro atoms. The Hall–Kier alpha value is -1.82. The van der Waals surface area contributed by atoms with Gasteiger partial charge in [0, 0.05) is 6.20 Å². The molecule has 2 atom stereocenters. The molecule has 1 aliphatic carbocycles. The number of hydrogen-bond acceptors (Lipinski definition) is 3. The molecule has 0 aliphatic heterocycles. The van der Waals surface area contributed by atoms with Crippen LogP contribution in [-0.4, -0.2) is 38.8 Å². The molecule has 6 heteroatoms. The fraction of sp³-hybridized carbons (Fsp3) is 0.538. The van der Waals surface area contributed by atoms with E-state index in [-0.39, 0.29) is 18.5 Å². The number of nitrogens with zero attached hydrogens (tertiary/aromatic N) is 1. The van der Waals surface area contributed by atoms with Crippen molar-refractivity contribution in [3.8, 4) is 0 Å². The number of aliphatic hydroxyl groups is 1. The van der Waals surface area contributed by atoms with Crippen molar-refractivity contribution in [2.24, 2.45) is 0 Å². The predicted octanol–water partition coefficient (Wildman–Crippen LogP) is 0.606. The van der Waals surface area contributed by atoms with Gasteiger partial charge < -0.3 is 20.1 Å². The summed E-state index contributed by atoms with van der Waals surface area (Å²) >= 11 is 0. The summed E-state index contributed by atoms with van der Waals surface area (Å²) in [5.74, 6) is -1.33. The third kappa shape index (κ3) is 3.35. The first-order valence-electron chi connectivity index (χ1n) is 6.44. The highest BCUT2D eigenvalue weighted by atomic mass is 16.4. The van der Waals surface area contributed by atoms with Crippen molar-refractivity contribution in [1.29, 1.82) is 0 Å². The lowest BCUT2D eigenvalue weighted by molar-refractivity contribution is -0.137. The molecule has 19 heavy (non-hydrogen) atoms. The molecule has 1 aliphatic rings. The third-order valence-electron chi connectivity index (χ3n) is 3.41. The molecule has 1 aromatic heterocycles. The van der Waals surface area contributed by atoms with Crippen LogP contribution in [0.3, 0.4) is 0 Å². The van der Waals surface area contributed by atoms with Crippen LogP contribution < -0.4 is 5.32 Å². The van der Waals surface area contributed by atoms with Gasteiger partial charge >= 0.3 is 5.97 Å². The molecule has 0 radical (unpaired) electrons. The van der Waals surface area contributed by atoms with Crippen LogP contribution in [0.25, 0.3) is 0 Å². The number of amides is 1. The highest BCUT2D eigenvalue weighted by Crippen LogP contribution is 2.18. The van der Waals surface area contributed by atoms with Gasteiger partial charge in [-0.3, -0.25) is 9.59 Å². The Morgan fingerprint density at radius 1 is 1.37 bits per heavy atom. The second kappa shape index (κ2) is 5.88. The topological polar surface area (TPSA) is 91.6 Å². The fourth-order valence-corrected chi connectivity index (χ4v) is 2.43. The predicted molar refractivity (Wildman–Crippen MR) is 67.8 cm³/mol. The summed E-state index contributed by atoms with van der Waals surface area (Å²) in [4.78, 5) is 22.8. The molecule has 1 amide bonds. The average molecular weight is 266 g/mol. The molecule has 6 nitrogen and oxygen atoms in total. The maximum Gasteiger partial charge on any atom is 0.323 e. The van der Waals surface area contributed by atoms with Gasteiger partial charge in [-0.15, -0.1) is 0 Å². The smallest absolute Gasteiger partial charge is 0.323 e. The number of rotatable bonds is 4. The molecule has 3 N–H and O–H groups in total. The summed E-state index contributed by atoms with van der Waals surface area (Å²) in [6, 6.07) is 2.97. The van der Waals surface area contributed by atoms with E-state index in [1.807, 2.05) is 0 Å². The van der Waals surface area contributed by atoms with E-state index in [0.717, 1.165) is 19.3 Å². The largest absolute Gasteiger partial charge is 0.480 e. The summed E-state index contributed by atoms with van der Waals surface area (Å²) < 4.78 is 1.38. The number of aromatic nitrogens is 1. The lowest BCUT2D eigenvalue weighted by atomic mass is 9.92. The summed E-state index contributed by atoms with van der Waals surface area (Å²) in [5, 5.41) is 21.4. The summed E-state index contributed by atoms with van der Waals surface area (Å²) in [6.07, 6.45) is 4.45. The Bertz CT molecular complexity index is 469. The number of nitrogens with one attached hydrogen (secondary N) is 1. The van der Waals surface area contributed by atoms with Gasteiger partial charge in [0.05, 0.1) is 12.1 Å². The zero-order chi connectivity index (χ0) is 13.8. The van der Waals surface area contributed by atoms with Crippen molar-refractivity contribution in [2.75, 3.05) is 0 Å². The first-order chi connectivity index (χ1) is 9.08. The molecular weight excluding hydrogens is 248 g/mol. The second-order valence-corrected chi connectivity index (χ2v) is 4.85. The van der Waals surface area contributed by atoms with E-state index >= 15 is 0 Å². The Morgan fingerprint density at radius 2 is 2.11 bits per heavy atom. The van der Waals surface area contributed by atoms with Gasteiger partial charge in [0.25, 0.3) is 5.91 Å². The van der Waals surface area contributed by atoms with Crippen molar-refractivity contribution in [1.82, 2.24) is 9.88 Å². The van der Waals surface area contributed by atoms with Crippen molar-refractivity contribution in [2.45, 2.75) is 44.4 Å². The molecular formula is C13H18N2O4. The Balaban J connectivity index is 2.03. The second-order valence-electron chi connectivity index (χ2n) is 4.85. The highest BCUT2D eigenvalue weighted by molar-refractivity contribution is 5.93. The number of carboxylic acids is 1. The van der Waals surface area contributed by atoms with Crippen LogP contribution in [0.5, 0.6) is 0 Å². The Morgan fingerprint density at radius 3 is 2.79 bits per heavy atom. The molecule has 1 fully saturated rings. The number of carbonyl (C=O) groups excluding carboxylic acids is 1. The SMILES string of the molecule is O=C(O)Cn1cccc1C(=O)NC1CCCCC1O. The first kappa shape index (κ1) is 13.6. The quantitative estimate of drug-likeness (QED) is 0.744. The summed E-state index contributed by atoms with van der Waals surface area (Å²) in [6.45, 7) is -0.247. The number of carbonyl (C=O) groups is 2. The van der Waals surface area contributed by atoms with Crippen LogP contribution in [0.4, 0.5) is 0 Å². The number of aliphatic carboxylic acids is 1. The lowest BCUT2D eigenvalue weighted by Crippen LogP contribution is -2.45. The Labute approximate surface area is 111 Å². The van der Waals surface area contributed by atoms with Crippen LogP contribution in [0.1, 0.15) is 36.2 Å². The van der Waals surface area contributed by atoms with Crippen molar-refractivity contribution in [3.63, 3.8) is 0 Å². The highest BCUT2D eigenvalue weighted by Gasteiger charge is 2.25. The Kier molecular flexibility index (Phi) is 4.21. The van der Waals surface area contributed by atoms with Gasteiger partial charge in [-0.1, -0.05) is 12.8 Å². The molecule has 0 aromatic carbocycles. The number of aliphatic hydroxyl groups excluding tert-OH is 1. The minimum absolute atomic E-state index is 0.241. The van der Waals surface area contributed by atoms with Crippen LogP contribution in [0.15, 0.2) is 18.3 Å².